The fourth-order valence-corrected chi connectivity index (χ4v) is 0.235. The van der Waals surface area contributed by atoms with Gasteiger partial charge in [-0.05, 0) is 13.2 Å². The van der Waals surface area contributed by atoms with Crippen molar-refractivity contribution in [1.29, 1.82) is 0 Å². The molecule has 0 rings (SSSR count). The number of carbonyl (C=O) groups is 1. The number of hydrogen-bond acceptors (Lipinski definition) is 4. The summed E-state index contributed by atoms with van der Waals surface area (Å²) in [7, 11) is 0. The Hall–Kier alpha value is -0.0438. The van der Waals surface area contributed by atoms with E-state index in [-0.39, 0.29) is 23.1 Å². The van der Waals surface area contributed by atoms with E-state index in [0.29, 0.717) is 6.61 Å². The maximum absolute atomic E-state index is 9.90. The number of carboxylic acid groups (broad SMARTS) is 2. The van der Waals surface area contributed by atoms with E-state index in [9.17, 15) is 5.11 Å². The fourth-order valence-electron chi connectivity index (χ4n) is 0.235. The van der Waals surface area contributed by atoms with Crippen LogP contribution in [0.4, 0.5) is 4.79 Å². The van der Waals surface area contributed by atoms with Crippen LogP contribution in [0.3, 0.4) is 0 Å². The minimum absolute atomic E-state index is 0. The average molecular weight is 174 g/mol. The predicted octanol–water partition coefficient (Wildman–Crippen LogP) is -1.76. The normalized spacial score (nSPS) is 10.1. The zero-order chi connectivity index (χ0) is 8.57. The first-order chi connectivity index (χ1) is 4.50. The van der Waals surface area contributed by atoms with Gasteiger partial charge in [0.25, 0.3) is 0 Å². The molecule has 0 spiro atoms. The minimum atomic E-state index is -2.08. The van der Waals surface area contributed by atoms with Gasteiger partial charge in [-0.3, -0.25) is 0 Å². The molecule has 0 bridgehead atoms. The largest absolute Gasteiger partial charge is 2.00 e. The van der Waals surface area contributed by atoms with Gasteiger partial charge in [-0.15, -0.1) is 0 Å². The Bertz CT molecular complexity index is 80.9. The Balaban J connectivity index is -0.000000114. The van der Waals surface area contributed by atoms with Crippen LogP contribution in [0.2, 0.25) is 0 Å². The van der Waals surface area contributed by atoms with E-state index in [2.05, 4.69) is 4.74 Å². The van der Waals surface area contributed by atoms with Crippen LogP contribution >= 0.6 is 0 Å². The van der Waals surface area contributed by atoms with Gasteiger partial charge in [0.2, 0.25) is 6.16 Å². The van der Waals surface area contributed by atoms with Gasteiger partial charge in [0.1, 0.15) is 0 Å². The van der Waals surface area contributed by atoms with Gasteiger partial charge in [0.15, 0.2) is 0 Å². The molecule has 1 N–H and O–H groups in total. The molecule has 0 saturated carbocycles. The van der Waals surface area contributed by atoms with Crippen molar-refractivity contribution in [2.24, 2.45) is 0 Å². The number of hydrogen-bond donors (Lipinski definition) is 1. The van der Waals surface area contributed by atoms with Crippen molar-refractivity contribution < 1.29 is 24.9 Å². The molecule has 0 fully saturated rings. The smallest absolute Gasteiger partial charge is 0.831 e. The molecule has 1 unspecified atom stereocenters. The molecule has 0 amide bonds. The zero-order valence-corrected chi connectivity index (χ0v) is 7.99. The first-order valence-corrected chi connectivity index (χ1v) is 2.68. The van der Waals surface area contributed by atoms with Crippen molar-refractivity contribution in [2.45, 2.75) is 20.1 Å². The summed E-state index contributed by atoms with van der Waals surface area (Å²) < 4.78 is 4.49. The minimum Gasteiger partial charge on any atom is -0.831 e. The third kappa shape index (κ3) is 72.1. The summed E-state index contributed by atoms with van der Waals surface area (Å²) >= 11 is 0. The van der Waals surface area contributed by atoms with Crippen molar-refractivity contribution >= 4 is 29.2 Å². The van der Waals surface area contributed by atoms with Crippen molar-refractivity contribution in [3.8, 4) is 0 Å². The van der Waals surface area contributed by atoms with Crippen molar-refractivity contribution in [2.75, 3.05) is 6.61 Å². The molecule has 11 heavy (non-hydrogen) atoms. The topological polar surface area (TPSA) is 92.7 Å². The van der Waals surface area contributed by atoms with E-state index < -0.39 is 12.4 Å². The molecule has 1 atom stereocenters. The molecule has 0 aromatic rings. The SMILES string of the molecule is CCOC(C)[O-].O=C([O-])O.[Mg+2]. The standard InChI is InChI=1S/C4H9O2.CH2O3.Mg/c1-3-6-4(2)5;2-1(3)4;/h4H,3H2,1-2H3;(H2,2,3,4);/q-1;;+2/p-1. The zero-order valence-electron chi connectivity index (χ0n) is 6.57. The van der Waals surface area contributed by atoms with Crippen molar-refractivity contribution in [3.63, 3.8) is 0 Å². The quantitative estimate of drug-likeness (QED) is 0.395. The Morgan fingerprint density at radius 3 is 2.00 bits per heavy atom. The molecule has 0 aliphatic heterocycles. The van der Waals surface area contributed by atoms with Gasteiger partial charge in [-0.25, -0.2) is 0 Å². The van der Waals surface area contributed by atoms with Crippen LogP contribution in [0.15, 0.2) is 0 Å². The molecular formula is C5H10MgO5. The molecule has 62 valence electrons. The van der Waals surface area contributed by atoms with E-state index in [1.165, 1.54) is 6.92 Å². The summed E-state index contributed by atoms with van der Waals surface area (Å²) in [5, 5.41) is 25.2. The van der Waals surface area contributed by atoms with Gasteiger partial charge in [0.05, 0.1) is 0 Å². The first kappa shape index (κ1) is 17.2. The molecule has 0 aromatic heterocycles. The Morgan fingerprint density at radius 2 is 2.00 bits per heavy atom. The van der Waals surface area contributed by atoms with Crippen LogP contribution in [0.1, 0.15) is 13.8 Å². The Morgan fingerprint density at radius 1 is 1.73 bits per heavy atom. The van der Waals surface area contributed by atoms with Gasteiger partial charge in [-0.2, -0.15) is 0 Å². The van der Waals surface area contributed by atoms with Crippen LogP contribution in [0.25, 0.3) is 0 Å². The summed E-state index contributed by atoms with van der Waals surface area (Å²) in [4.78, 5) is 8.44. The molecule has 0 radical (unpaired) electrons. The monoisotopic (exact) mass is 174 g/mol. The van der Waals surface area contributed by atoms with Crippen LogP contribution in [0.5, 0.6) is 0 Å². The predicted molar refractivity (Wildman–Crippen MR) is 34.9 cm³/mol. The van der Waals surface area contributed by atoms with Gasteiger partial charge >= 0.3 is 23.1 Å². The molecule has 0 aliphatic carbocycles. The molecule has 0 aromatic carbocycles. The van der Waals surface area contributed by atoms with E-state index in [0.717, 1.165) is 0 Å². The van der Waals surface area contributed by atoms with Crippen molar-refractivity contribution in [1.82, 2.24) is 0 Å². The van der Waals surface area contributed by atoms with E-state index in [4.69, 9.17) is 15.0 Å². The molecule has 5 nitrogen and oxygen atoms in total. The van der Waals surface area contributed by atoms with E-state index in [1.54, 1.807) is 6.92 Å². The molecule has 0 saturated heterocycles. The maximum atomic E-state index is 9.90. The Kier molecular flexibility index (Phi) is 19.7. The fraction of sp³-hybridized carbons (Fsp3) is 0.800. The average Bonchev–Trinajstić information content (AvgIpc) is 1.62. The number of ether oxygens (including phenoxy) is 1. The number of rotatable bonds is 2. The van der Waals surface area contributed by atoms with E-state index in [1.807, 2.05) is 0 Å². The van der Waals surface area contributed by atoms with Crippen LogP contribution < -0.4 is 10.2 Å². The molecule has 0 heterocycles. The third-order valence-corrected chi connectivity index (χ3v) is 0.401. The van der Waals surface area contributed by atoms with Gasteiger partial charge in [0, 0.05) is 6.61 Å². The molecular weight excluding hydrogens is 164 g/mol. The maximum Gasteiger partial charge on any atom is 2.00 e. The second-order valence-electron chi connectivity index (χ2n) is 1.29. The summed E-state index contributed by atoms with van der Waals surface area (Å²) in [6.07, 6.45) is -2.94. The second-order valence-corrected chi connectivity index (χ2v) is 1.29. The summed E-state index contributed by atoms with van der Waals surface area (Å²) in [5.74, 6) is 0. The molecule has 0 aliphatic rings. The van der Waals surface area contributed by atoms with Gasteiger partial charge in [-0.1, -0.05) is 6.92 Å². The van der Waals surface area contributed by atoms with Crippen LogP contribution in [0, 0.1) is 0 Å². The van der Waals surface area contributed by atoms with Crippen molar-refractivity contribution in [3.05, 3.63) is 0 Å². The third-order valence-electron chi connectivity index (χ3n) is 0.401. The summed E-state index contributed by atoms with van der Waals surface area (Å²) in [6.45, 7) is 3.79. The van der Waals surface area contributed by atoms with Crippen LogP contribution in [-0.2, 0) is 4.74 Å². The van der Waals surface area contributed by atoms with Crippen LogP contribution in [-0.4, -0.2) is 47.2 Å². The second kappa shape index (κ2) is 12.6. The van der Waals surface area contributed by atoms with Gasteiger partial charge < -0.3 is 24.9 Å². The first-order valence-electron chi connectivity index (χ1n) is 2.68. The summed E-state index contributed by atoms with van der Waals surface area (Å²) in [6, 6.07) is 0. The van der Waals surface area contributed by atoms with E-state index >= 15 is 0 Å². The summed E-state index contributed by atoms with van der Waals surface area (Å²) in [5.41, 5.74) is 0. The Labute approximate surface area is 81.1 Å². The molecule has 6 heteroatoms.